The van der Waals surface area contributed by atoms with Crippen LogP contribution in [0.25, 0.3) is 0 Å². The first-order valence-corrected chi connectivity index (χ1v) is 4.72. The zero-order valence-corrected chi connectivity index (χ0v) is 13.0. The van der Waals surface area contributed by atoms with Gasteiger partial charge >= 0.3 is 27.3 Å². The topological polar surface area (TPSA) is 40.1 Å². The summed E-state index contributed by atoms with van der Waals surface area (Å²) in [6.07, 6.45) is 4.89. The molecule has 0 bridgehead atoms. The van der Waals surface area contributed by atoms with Crippen molar-refractivity contribution < 1.29 is 9.90 Å². The van der Waals surface area contributed by atoms with E-state index in [-0.39, 0.29) is 39.1 Å². The molecule has 0 aromatic rings. The third-order valence-electron chi connectivity index (χ3n) is 3.14. The summed E-state index contributed by atoms with van der Waals surface area (Å²) in [5.41, 5.74) is 0.207. The molecule has 0 aromatic heterocycles. The largest absolute Gasteiger partial charge is 1.00 e. The van der Waals surface area contributed by atoms with Crippen molar-refractivity contribution in [2.24, 2.45) is 11.3 Å². The standard InChI is InChI=1S/C10H18O2.Tl/c1-10(2)6-4-3-5-8(10)7-9(11)12;/h8H,3-7H2,1-2H3,(H,11,12);/q;+1/p-1. The Kier molecular flexibility index (Phi) is 5.48. The zero-order valence-electron chi connectivity index (χ0n) is 8.51. The van der Waals surface area contributed by atoms with Crippen molar-refractivity contribution in [2.75, 3.05) is 0 Å². The van der Waals surface area contributed by atoms with E-state index in [4.69, 9.17) is 0 Å². The van der Waals surface area contributed by atoms with E-state index in [1.165, 1.54) is 12.8 Å². The van der Waals surface area contributed by atoms with E-state index in [0.29, 0.717) is 5.92 Å². The molecular formula is C10H17O2Tl. The molecular weight excluding hydrogens is 356 g/mol. The van der Waals surface area contributed by atoms with E-state index in [1.54, 1.807) is 0 Å². The molecule has 3 heteroatoms. The number of hydrogen-bond acceptors (Lipinski definition) is 2. The summed E-state index contributed by atoms with van der Waals surface area (Å²) in [5, 5.41) is 10.4. The van der Waals surface area contributed by atoms with Gasteiger partial charge in [0.15, 0.2) is 0 Å². The van der Waals surface area contributed by atoms with Crippen LogP contribution in [0.15, 0.2) is 0 Å². The van der Waals surface area contributed by atoms with Gasteiger partial charge in [0.2, 0.25) is 0 Å². The second-order valence-electron chi connectivity index (χ2n) is 4.51. The van der Waals surface area contributed by atoms with E-state index in [9.17, 15) is 9.90 Å². The Morgan fingerprint density at radius 1 is 1.46 bits per heavy atom. The van der Waals surface area contributed by atoms with Crippen LogP contribution in [0.1, 0.15) is 46.0 Å². The molecule has 0 aromatic carbocycles. The van der Waals surface area contributed by atoms with E-state index in [1.807, 2.05) is 0 Å². The fraction of sp³-hybridized carbons (Fsp3) is 0.900. The minimum atomic E-state index is -0.894. The second kappa shape index (κ2) is 5.32. The number of rotatable bonds is 2. The Balaban J connectivity index is 0.00000144. The minimum Gasteiger partial charge on any atom is -0.550 e. The van der Waals surface area contributed by atoms with E-state index < -0.39 is 5.97 Å². The van der Waals surface area contributed by atoms with E-state index in [2.05, 4.69) is 13.8 Å². The molecule has 1 rings (SSSR count). The number of carbonyl (C=O) groups is 1. The van der Waals surface area contributed by atoms with E-state index >= 15 is 0 Å². The van der Waals surface area contributed by atoms with Crippen molar-refractivity contribution in [3.8, 4) is 0 Å². The molecule has 2 nitrogen and oxygen atoms in total. The average Bonchev–Trinajstić information content (AvgIpc) is 1.92. The first-order chi connectivity index (χ1) is 5.52. The maximum Gasteiger partial charge on any atom is 1.00 e. The van der Waals surface area contributed by atoms with Gasteiger partial charge in [0.1, 0.15) is 0 Å². The molecule has 0 N–H and O–H groups in total. The van der Waals surface area contributed by atoms with Gasteiger partial charge in [0, 0.05) is 5.97 Å². The SMILES string of the molecule is CC1(C)CCCCC1CC(=O)[O-].[Tl+]. The van der Waals surface area contributed by atoms with Gasteiger partial charge in [-0.05, 0) is 30.6 Å². The summed E-state index contributed by atoms with van der Waals surface area (Å²) in [4.78, 5) is 10.4. The monoisotopic (exact) mass is 374 g/mol. The molecule has 1 saturated carbocycles. The van der Waals surface area contributed by atoms with Crippen molar-refractivity contribution in [3.05, 3.63) is 0 Å². The fourth-order valence-corrected chi connectivity index (χ4v) is 2.15. The zero-order chi connectivity index (χ0) is 9.19. The Morgan fingerprint density at radius 3 is 2.54 bits per heavy atom. The van der Waals surface area contributed by atoms with E-state index in [0.717, 1.165) is 12.8 Å². The maximum atomic E-state index is 10.4. The summed E-state index contributed by atoms with van der Waals surface area (Å²) in [6, 6.07) is 0. The molecule has 1 atom stereocenters. The van der Waals surface area contributed by atoms with Crippen LogP contribution in [0.2, 0.25) is 0 Å². The average molecular weight is 374 g/mol. The summed E-state index contributed by atoms with van der Waals surface area (Å²) in [5.74, 6) is -0.564. The van der Waals surface area contributed by atoms with Crippen LogP contribution < -0.4 is 5.11 Å². The number of carboxylic acid groups (broad SMARTS) is 1. The van der Waals surface area contributed by atoms with Crippen LogP contribution >= 0.6 is 0 Å². The molecule has 1 unspecified atom stereocenters. The summed E-state index contributed by atoms with van der Waals surface area (Å²) in [7, 11) is 0. The molecule has 0 radical (unpaired) electrons. The molecule has 1 fully saturated rings. The van der Waals surface area contributed by atoms with Gasteiger partial charge in [0.25, 0.3) is 0 Å². The molecule has 0 heterocycles. The van der Waals surface area contributed by atoms with Crippen molar-refractivity contribution in [1.29, 1.82) is 0 Å². The maximum absolute atomic E-state index is 10.4. The number of hydrogen-bond donors (Lipinski definition) is 0. The molecule has 72 valence electrons. The van der Waals surface area contributed by atoms with Crippen LogP contribution in [-0.4, -0.2) is 33.3 Å². The van der Waals surface area contributed by atoms with Crippen LogP contribution in [0, 0.1) is 11.3 Å². The molecule has 1 aliphatic carbocycles. The quantitative estimate of drug-likeness (QED) is 0.677. The Hall–Kier alpha value is 0.392. The summed E-state index contributed by atoms with van der Waals surface area (Å²) in [6.45, 7) is 4.33. The Bertz CT molecular complexity index is 178. The second-order valence-corrected chi connectivity index (χ2v) is 4.51. The van der Waals surface area contributed by atoms with Gasteiger partial charge < -0.3 is 9.90 Å². The van der Waals surface area contributed by atoms with Crippen molar-refractivity contribution in [2.45, 2.75) is 46.0 Å². The molecule has 0 spiro atoms. The van der Waals surface area contributed by atoms with Crippen LogP contribution in [-0.2, 0) is 4.79 Å². The summed E-state index contributed by atoms with van der Waals surface area (Å²) >= 11 is 0. The number of carboxylic acids is 1. The minimum absolute atomic E-state index is 0. The number of aliphatic carboxylic acids is 1. The first-order valence-electron chi connectivity index (χ1n) is 4.72. The van der Waals surface area contributed by atoms with Crippen molar-refractivity contribution >= 4 is 33.3 Å². The van der Waals surface area contributed by atoms with Gasteiger partial charge in [-0.1, -0.05) is 26.7 Å². The predicted octanol–water partition coefficient (Wildman–Crippen LogP) is 0.962. The molecule has 0 saturated heterocycles. The van der Waals surface area contributed by atoms with Gasteiger partial charge in [-0.3, -0.25) is 0 Å². The molecule has 13 heavy (non-hydrogen) atoms. The third-order valence-corrected chi connectivity index (χ3v) is 3.14. The predicted molar refractivity (Wildman–Crippen MR) is 51.1 cm³/mol. The third kappa shape index (κ3) is 3.96. The number of carbonyl (C=O) groups excluding carboxylic acids is 1. The Labute approximate surface area is 100 Å². The van der Waals surface area contributed by atoms with Gasteiger partial charge in [-0.25, -0.2) is 0 Å². The molecule has 0 aliphatic heterocycles. The van der Waals surface area contributed by atoms with Crippen molar-refractivity contribution in [3.63, 3.8) is 0 Å². The van der Waals surface area contributed by atoms with Gasteiger partial charge in [-0.15, -0.1) is 0 Å². The smallest absolute Gasteiger partial charge is 0.550 e. The van der Waals surface area contributed by atoms with Crippen molar-refractivity contribution in [1.82, 2.24) is 0 Å². The van der Waals surface area contributed by atoms with Crippen LogP contribution in [0.3, 0.4) is 0 Å². The Morgan fingerprint density at radius 2 is 2.08 bits per heavy atom. The molecule has 0 amide bonds. The van der Waals surface area contributed by atoms with Gasteiger partial charge in [0.05, 0.1) is 0 Å². The first kappa shape index (κ1) is 13.4. The van der Waals surface area contributed by atoms with Crippen LogP contribution in [0.4, 0.5) is 0 Å². The molecule has 1 aliphatic rings. The van der Waals surface area contributed by atoms with Gasteiger partial charge in [-0.2, -0.15) is 0 Å². The normalized spacial score (nSPS) is 26.2. The van der Waals surface area contributed by atoms with Crippen LogP contribution in [0.5, 0.6) is 0 Å². The fourth-order valence-electron chi connectivity index (χ4n) is 2.15. The summed E-state index contributed by atoms with van der Waals surface area (Å²) < 4.78 is 0.